The second-order valence-electron chi connectivity index (χ2n) is 21.0. The van der Waals surface area contributed by atoms with Gasteiger partial charge in [-0.05, 0) is 44.9 Å². The van der Waals surface area contributed by atoms with Gasteiger partial charge in [0.1, 0.15) is 13.2 Å². The van der Waals surface area contributed by atoms with E-state index in [0.717, 1.165) is 64.2 Å². The number of nitrogens with one attached hydrogen (secondary N) is 1. The van der Waals surface area contributed by atoms with E-state index in [4.69, 9.17) is 9.05 Å². The zero-order valence-corrected chi connectivity index (χ0v) is 45.6. The predicted octanol–water partition coefficient (Wildman–Crippen LogP) is 17.2. The SMILES string of the molecule is CCCCCC/C=C\C/C=C\CCCCCCCC(=O)NC(COP(=O)(O)OCC[N+](C)(C)C)C(O)CCCCCCCCCCCCCCCCCCCCCCCCCCCCCC. The van der Waals surface area contributed by atoms with Crippen LogP contribution in [0.25, 0.3) is 0 Å². The molecule has 0 saturated heterocycles. The number of rotatable bonds is 53. The molecular weight excluding hydrogens is 840 g/mol. The molecule has 0 aromatic rings. The lowest BCUT2D eigenvalue weighted by Gasteiger charge is -2.26. The third-order valence-corrected chi connectivity index (χ3v) is 14.2. The van der Waals surface area contributed by atoms with Crippen LogP contribution in [0.4, 0.5) is 0 Å². The predicted molar refractivity (Wildman–Crippen MR) is 286 cm³/mol. The van der Waals surface area contributed by atoms with Gasteiger partial charge in [-0.2, -0.15) is 0 Å². The van der Waals surface area contributed by atoms with Crippen LogP contribution < -0.4 is 5.32 Å². The molecule has 8 nitrogen and oxygen atoms in total. The summed E-state index contributed by atoms with van der Waals surface area (Å²) < 4.78 is 23.8. The van der Waals surface area contributed by atoms with Crippen molar-refractivity contribution in [3.63, 3.8) is 0 Å². The van der Waals surface area contributed by atoms with Crippen molar-refractivity contribution in [3.8, 4) is 0 Å². The van der Waals surface area contributed by atoms with Gasteiger partial charge in [-0.1, -0.05) is 256 Å². The van der Waals surface area contributed by atoms with Gasteiger partial charge >= 0.3 is 7.82 Å². The molecule has 0 aliphatic rings. The molecule has 0 radical (unpaired) electrons. The summed E-state index contributed by atoms with van der Waals surface area (Å²) >= 11 is 0. The van der Waals surface area contributed by atoms with E-state index in [-0.39, 0.29) is 19.1 Å². The van der Waals surface area contributed by atoms with Crippen LogP contribution in [0, 0.1) is 0 Å². The molecule has 0 aliphatic carbocycles. The van der Waals surface area contributed by atoms with Gasteiger partial charge in [-0.3, -0.25) is 13.8 Å². The smallest absolute Gasteiger partial charge is 0.391 e. The van der Waals surface area contributed by atoms with E-state index in [1.807, 2.05) is 21.1 Å². The van der Waals surface area contributed by atoms with Crippen LogP contribution in [0.2, 0.25) is 0 Å². The fourth-order valence-corrected chi connectivity index (χ4v) is 9.40. The molecule has 0 aromatic heterocycles. The van der Waals surface area contributed by atoms with Gasteiger partial charge in [0, 0.05) is 6.42 Å². The van der Waals surface area contributed by atoms with Crippen LogP contribution in [0.5, 0.6) is 0 Å². The quantitative estimate of drug-likeness (QED) is 0.0243. The molecule has 0 heterocycles. The summed E-state index contributed by atoms with van der Waals surface area (Å²) in [5.74, 6) is -0.155. The number of unbranched alkanes of at least 4 members (excludes halogenated alkanes) is 36. The molecule has 3 unspecified atom stereocenters. The Hall–Kier alpha value is -1.02. The highest BCUT2D eigenvalue weighted by Crippen LogP contribution is 2.43. The van der Waals surface area contributed by atoms with Crippen LogP contribution in [0.15, 0.2) is 24.3 Å². The zero-order valence-electron chi connectivity index (χ0n) is 44.7. The van der Waals surface area contributed by atoms with Crippen molar-refractivity contribution in [2.24, 2.45) is 0 Å². The van der Waals surface area contributed by atoms with E-state index < -0.39 is 20.0 Å². The third kappa shape index (κ3) is 50.8. The maximum atomic E-state index is 13.0. The Balaban J connectivity index is 4.11. The van der Waals surface area contributed by atoms with Crippen LogP contribution >= 0.6 is 7.82 Å². The van der Waals surface area contributed by atoms with Crippen molar-refractivity contribution < 1.29 is 32.9 Å². The minimum atomic E-state index is -4.32. The van der Waals surface area contributed by atoms with Crippen molar-refractivity contribution >= 4 is 13.7 Å². The lowest BCUT2D eigenvalue weighted by atomic mass is 10.0. The molecule has 0 aliphatic heterocycles. The zero-order chi connectivity index (χ0) is 48.5. The van der Waals surface area contributed by atoms with Crippen LogP contribution in [0.3, 0.4) is 0 Å². The second kappa shape index (κ2) is 49.0. The Labute approximate surface area is 411 Å². The number of quaternary nitrogens is 1. The molecule has 3 N–H and O–H groups in total. The monoisotopic (exact) mass is 954 g/mol. The van der Waals surface area contributed by atoms with E-state index in [2.05, 4.69) is 43.5 Å². The Morgan fingerprint density at radius 2 is 0.864 bits per heavy atom. The maximum Gasteiger partial charge on any atom is 0.472 e. The fourth-order valence-electron chi connectivity index (χ4n) is 8.67. The summed E-state index contributed by atoms with van der Waals surface area (Å²) in [5.41, 5.74) is 0. The molecule has 9 heteroatoms. The molecule has 1 amide bonds. The number of aliphatic hydroxyl groups is 1. The fraction of sp³-hybridized carbons (Fsp3) is 0.912. The Bertz CT molecular complexity index is 1130. The standard InChI is InChI=1S/C57H113N2O6P/c1-6-8-10-12-14-16-18-20-22-24-25-26-27-28-29-30-31-32-33-34-35-36-38-40-42-44-46-48-50-56(60)55(54-65-66(62,63)64-53-52-59(3,4)5)58-57(61)51-49-47-45-43-41-39-37-23-21-19-17-15-13-11-9-7-2/h17,19,23,37,55-56,60H,6-16,18,20-22,24-36,38-54H2,1-5H3,(H-,58,61,62,63)/p+1/b19-17-,37-23-. The number of likely N-dealkylation sites (N-methyl/N-ethyl adjacent to an activating group) is 1. The van der Waals surface area contributed by atoms with E-state index in [9.17, 15) is 19.4 Å². The highest BCUT2D eigenvalue weighted by atomic mass is 31.2. The van der Waals surface area contributed by atoms with Crippen LogP contribution in [-0.2, 0) is 18.4 Å². The normalized spacial score (nSPS) is 14.1. The molecule has 0 fully saturated rings. The first-order chi connectivity index (χ1) is 32.0. The molecular formula is C57H114N2O6P+. The van der Waals surface area contributed by atoms with Gasteiger partial charge in [0.2, 0.25) is 5.91 Å². The van der Waals surface area contributed by atoms with Crippen molar-refractivity contribution in [2.75, 3.05) is 40.9 Å². The van der Waals surface area contributed by atoms with Crippen molar-refractivity contribution in [2.45, 2.75) is 296 Å². The molecule has 0 bridgehead atoms. The average Bonchev–Trinajstić information content (AvgIpc) is 3.28. The van der Waals surface area contributed by atoms with Gasteiger partial charge in [0.25, 0.3) is 0 Å². The van der Waals surface area contributed by atoms with Crippen molar-refractivity contribution in [3.05, 3.63) is 24.3 Å². The topological polar surface area (TPSA) is 105 Å². The molecule has 0 spiro atoms. The number of phosphoric acid groups is 1. The van der Waals surface area contributed by atoms with Gasteiger partial charge in [-0.25, -0.2) is 4.57 Å². The van der Waals surface area contributed by atoms with Crippen molar-refractivity contribution in [1.82, 2.24) is 5.32 Å². The lowest BCUT2D eigenvalue weighted by Crippen LogP contribution is -2.46. The minimum absolute atomic E-state index is 0.0728. The number of nitrogens with zero attached hydrogens (tertiary/aromatic N) is 1. The summed E-state index contributed by atoms with van der Waals surface area (Å²) in [6.07, 6.45) is 61.0. The number of hydrogen-bond acceptors (Lipinski definition) is 5. The highest BCUT2D eigenvalue weighted by Gasteiger charge is 2.28. The summed E-state index contributed by atoms with van der Waals surface area (Å²) in [5, 5.41) is 14.1. The van der Waals surface area contributed by atoms with E-state index in [1.54, 1.807) is 0 Å². The first-order valence-corrected chi connectivity index (χ1v) is 30.2. The summed E-state index contributed by atoms with van der Waals surface area (Å²) in [7, 11) is 1.61. The molecule has 66 heavy (non-hydrogen) atoms. The summed E-state index contributed by atoms with van der Waals surface area (Å²) in [4.78, 5) is 23.3. The maximum absolute atomic E-state index is 13.0. The Kier molecular flexibility index (Phi) is 48.2. The lowest BCUT2D eigenvalue weighted by molar-refractivity contribution is -0.870. The van der Waals surface area contributed by atoms with E-state index >= 15 is 0 Å². The number of amides is 1. The third-order valence-electron chi connectivity index (χ3n) is 13.2. The first kappa shape index (κ1) is 65.0. The molecule has 0 aromatic carbocycles. The van der Waals surface area contributed by atoms with Gasteiger partial charge in [0.15, 0.2) is 0 Å². The molecule has 0 rings (SSSR count). The highest BCUT2D eigenvalue weighted by molar-refractivity contribution is 7.47. The molecule has 392 valence electrons. The Morgan fingerprint density at radius 1 is 0.515 bits per heavy atom. The van der Waals surface area contributed by atoms with Crippen LogP contribution in [-0.4, -0.2) is 73.4 Å². The van der Waals surface area contributed by atoms with Gasteiger partial charge < -0.3 is 19.8 Å². The number of aliphatic hydroxyl groups excluding tert-OH is 1. The van der Waals surface area contributed by atoms with Gasteiger partial charge in [0.05, 0.1) is 39.9 Å². The van der Waals surface area contributed by atoms with Gasteiger partial charge in [-0.15, -0.1) is 0 Å². The van der Waals surface area contributed by atoms with E-state index in [1.165, 1.54) is 193 Å². The second-order valence-corrected chi connectivity index (χ2v) is 22.5. The summed E-state index contributed by atoms with van der Waals surface area (Å²) in [6, 6.07) is -0.767. The summed E-state index contributed by atoms with van der Waals surface area (Å²) in [6.45, 7) is 4.89. The number of allylic oxidation sites excluding steroid dienone is 4. The first-order valence-electron chi connectivity index (χ1n) is 28.7. The van der Waals surface area contributed by atoms with Crippen LogP contribution in [0.1, 0.15) is 284 Å². The van der Waals surface area contributed by atoms with E-state index in [0.29, 0.717) is 23.9 Å². The Morgan fingerprint density at radius 3 is 1.26 bits per heavy atom. The van der Waals surface area contributed by atoms with Crippen molar-refractivity contribution in [1.29, 1.82) is 0 Å². The number of hydrogen-bond donors (Lipinski definition) is 3. The minimum Gasteiger partial charge on any atom is -0.391 e. The number of phosphoric ester groups is 1. The average molecular weight is 955 g/mol. The largest absolute Gasteiger partial charge is 0.472 e. The number of carbonyl (C=O) groups excluding carboxylic acids is 1. The molecule has 3 atom stereocenters. The molecule has 0 saturated carbocycles. The number of carbonyl (C=O) groups is 1.